The standard InChI is InChI=1S/C25H29F5OSi/c1-31-9-3-2-4-10-32-11-7-17(8-12-32)19-14-22(28)25(23(29)15-19)18-5-6-20(21(27)13-18)24(30)16-26/h5-6,13-17,32H,2-4,7-12H2,1H3. The Bertz CT molecular complexity index is 915. The normalized spacial score (nSPS) is 19.4. The average Bonchev–Trinajstić information content (AvgIpc) is 2.78. The number of methoxy groups -OCH3 is 1. The molecule has 7 heteroatoms. The molecule has 0 atom stereocenters. The zero-order valence-corrected chi connectivity index (χ0v) is 19.4. The maximum atomic E-state index is 14.8. The molecule has 0 bridgehead atoms. The van der Waals surface area contributed by atoms with Crippen LogP contribution in [0.5, 0.6) is 0 Å². The third kappa shape index (κ3) is 6.07. The lowest BCUT2D eigenvalue weighted by Crippen LogP contribution is -2.20. The van der Waals surface area contributed by atoms with E-state index in [1.54, 1.807) is 7.11 Å². The van der Waals surface area contributed by atoms with E-state index in [9.17, 15) is 22.0 Å². The first-order valence-corrected chi connectivity index (χ1v) is 13.6. The summed E-state index contributed by atoms with van der Waals surface area (Å²) in [4.78, 5) is 0. The lowest BCUT2D eigenvalue weighted by molar-refractivity contribution is 0.192. The van der Waals surface area contributed by atoms with Crippen LogP contribution in [0.4, 0.5) is 22.0 Å². The summed E-state index contributed by atoms with van der Waals surface area (Å²) in [7, 11) is 0.941. The number of hydrogen-bond acceptors (Lipinski definition) is 1. The minimum Gasteiger partial charge on any atom is -0.385 e. The highest BCUT2D eigenvalue weighted by molar-refractivity contribution is 6.59. The summed E-state index contributed by atoms with van der Waals surface area (Å²) in [6, 6.07) is 9.34. The third-order valence-corrected chi connectivity index (χ3v) is 9.98. The van der Waals surface area contributed by atoms with Crippen molar-refractivity contribution < 1.29 is 26.7 Å². The fourth-order valence-corrected chi connectivity index (χ4v) is 8.15. The molecule has 0 radical (unpaired) electrons. The minimum atomic E-state index is -1.38. The number of rotatable bonds is 9. The molecule has 0 aromatic heterocycles. The number of benzene rings is 2. The quantitative estimate of drug-likeness (QED) is 0.206. The van der Waals surface area contributed by atoms with Crippen molar-refractivity contribution >= 4 is 14.6 Å². The molecule has 1 aliphatic rings. The first-order valence-electron chi connectivity index (χ1n) is 11.2. The minimum absolute atomic E-state index is 0.0518. The molecule has 0 saturated carbocycles. The lowest BCUT2D eigenvalue weighted by Gasteiger charge is -2.28. The second-order valence-electron chi connectivity index (χ2n) is 8.57. The van der Waals surface area contributed by atoms with Gasteiger partial charge in [-0.25, -0.2) is 22.0 Å². The summed E-state index contributed by atoms with van der Waals surface area (Å²) in [5.41, 5.74) is -0.361. The van der Waals surface area contributed by atoms with Crippen molar-refractivity contribution in [3.63, 3.8) is 0 Å². The molecular formula is C25H29F5OSi. The monoisotopic (exact) mass is 468 g/mol. The van der Waals surface area contributed by atoms with Crippen LogP contribution in [-0.2, 0) is 4.74 Å². The third-order valence-electron chi connectivity index (χ3n) is 6.45. The summed E-state index contributed by atoms with van der Waals surface area (Å²) < 4.78 is 74.5. The van der Waals surface area contributed by atoms with Crippen LogP contribution in [0, 0.1) is 17.5 Å². The van der Waals surface area contributed by atoms with Gasteiger partial charge in [-0.15, -0.1) is 0 Å². The summed E-state index contributed by atoms with van der Waals surface area (Å²) >= 11 is 0. The van der Waals surface area contributed by atoms with E-state index in [0.29, 0.717) is 5.56 Å². The Balaban J connectivity index is 1.66. The smallest absolute Gasteiger partial charge is 0.161 e. The van der Waals surface area contributed by atoms with Gasteiger partial charge < -0.3 is 4.74 Å². The zero-order chi connectivity index (χ0) is 23.1. The fourth-order valence-electron chi connectivity index (χ4n) is 4.67. The van der Waals surface area contributed by atoms with Gasteiger partial charge in [0.25, 0.3) is 0 Å². The highest BCUT2D eigenvalue weighted by atomic mass is 28.3. The molecule has 174 valence electrons. The van der Waals surface area contributed by atoms with Crippen molar-refractivity contribution in [1.29, 1.82) is 0 Å². The summed E-state index contributed by atoms with van der Waals surface area (Å²) in [6.45, 7) is 0.809. The van der Waals surface area contributed by atoms with Crippen LogP contribution in [0.3, 0.4) is 0 Å². The summed E-state index contributed by atoms with van der Waals surface area (Å²) in [5.74, 6) is -3.87. The van der Waals surface area contributed by atoms with Crippen molar-refractivity contribution in [2.24, 2.45) is 0 Å². The van der Waals surface area contributed by atoms with Crippen LogP contribution in [0.25, 0.3) is 17.0 Å². The molecule has 2 aromatic carbocycles. The van der Waals surface area contributed by atoms with Crippen molar-refractivity contribution in [2.45, 2.75) is 56.2 Å². The SMILES string of the molecule is COCCCCC[SiH]1CCC(c2cc(F)c(-c3ccc(C(F)=CF)c(F)c3)c(F)c2)CC1. The van der Waals surface area contributed by atoms with Crippen LogP contribution >= 0.6 is 0 Å². The van der Waals surface area contributed by atoms with E-state index in [1.807, 2.05) is 0 Å². The van der Waals surface area contributed by atoms with E-state index in [4.69, 9.17) is 4.74 Å². The summed E-state index contributed by atoms with van der Waals surface area (Å²) in [6.07, 6.45) is 5.07. The number of hydrogen-bond donors (Lipinski definition) is 0. The molecule has 0 N–H and O–H groups in total. The van der Waals surface area contributed by atoms with Gasteiger partial charge in [-0.2, -0.15) is 0 Å². The lowest BCUT2D eigenvalue weighted by atomic mass is 9.91. The van der Waals surface area contributed by atoms with Crippen molar-refractivity contribution in [3.8, 4) is 11.1 Å². The molecule has 0 aliphatic carbocycles. The number of halogens is 5. The van der Waals surface area contributed by atoms with E-state index >= 15 is 0 Å². The molecule has 0 spiro atoms. The first kappa shape index (κ1) is 24.6. The van der Waals surface area contributed by atoms with Crippen LogP contribution in [0.1, 0.15) is 49.1 Å². The van der Waals surface area contributed by atoms with Gasteiger partial charge >= 0.3 is 0 Å². The topological polar surface area (TPSA) is 9.23 Å². The average molecular weight is 469 g/mol. The van der Waals surface area contributed by atoms with Gasteiger partial charge in [0.2, 0.25) is 0 Å². The predicted octanol–water partition coefficient (Wildman–Crippen LogP) is 7.93. The van der Waals surface area contributed by atoms with Gasteiger partial charge in [0.05, 0.1) is 5.56 Å². The van der Waals surface area contributed by atoms with Gasteiger partial charge in [-0.05, 0) is 60.6 Å². The molecule has 3 rings (SSSR count). The van der Waals surface area contributed by atoms with Gasteiger partial charge in [0, 0.05) is 28.1 Å². The van der Waals surface area contributed by atoms with Crippen LogP contribution in [-0.4, -0.2) is 22.5 Å². The molecular weight excluding hydrogens is 439 g/mol. The molecule has 32 heavy (non-hydrogen) atoms. The highest BCUT2D eigenvalue weighted by Gasteiger charge is 2.25. The van der Waals surface area contributed by atoms with Gasteiger partial charge in [-0.3, -0.25) is 0 Å². The highest BCUT2D eigenvalue weighted by Crippen LogP contribution is 2.38. The Morgan fingerprint density at radius 3 is 2.28 bits per heavy atom. The van der Waals surface area contributed by atoms with E-state index in [-0.39, 0.29) is 23.4 Å². The van der Waals surface area contributed by atoms with Crippen LogP contribution in [0.2, 0.25) is 18.1 Å². The fraction of sp³-hybridized carbons (Fsp3) is 0.440. The van der Waals surface area contributed by atoms with Gasteiger partial charge in [0.15, 0.2) is 5.83 Å². The zero-order valence-electron chi connectivity index (χ0n) is 18.3. The Labute approximate surface area is 187 Å². The Kier molecular flexibility index (Phi) is 9.05. The molecule has 1 heterocycles. The second kappa shape index (κ2) is 11.7. The molecule has 0 unspecified atom stereocenters. The van der Waals surface area contributed by atoms with Crippen molar-refractivity contribution in [3.05, 3.63) is 65.2 Å². The van der Waals surface area contributed by atoms with Crippen LogP contribution < -0.4 is 0 Å². The van der Waals surface area contributed by atoms with Crippen LogP contribution in [0.15, 0.2) is 36.7 Å². The summed E-state index contributed by atoms with van der Waals surface area (Å²) in [5, 5.41) is 0. The maximum absolute atomic E-state index is 14.8. The predicted molar refractivity (Wildman–Crippen MR) is 121 cm³/mol. The van der Waals surface area contributed by atoms with E-state index in [1.165, 1.54) is 49.2 Å². The van der Waals surface area contributed by atoms with E-state index < -0.39 is 37.6 Å². The van der Waals surface area contributed by atoms with E-state index in [2.05, 4.69) is 0 Å². The largest absolute Gasteiger partial charge is 0.385 e. The molecule has 1 nitrogen and oxygen atoms in total. The molecule has 0 amide bonds. The Morgan fingerprint density at radius 2 is 1.69 bits per heavy atom. The number of ether oxygens (including phenoxy) is 1. The molecule has 1 saturated heterocycles. The maximum Gasteiger partial charge on any atom is 0.161 e. The molecule has 1 aliphatic heterocycles. The first-order chi connectivity index (χ1) is 15.4. The van der Waals surface area contributed by atoms with Gasteiger partial charge in [0.1, 0.15) is 23.8 Å². The van der Waals surface area contributed by atoms with Crippen molar-refractivity contribution in [2.75, 3.05) is 13.7 Å². The Morgan fingerprint density at radius 1 is 1.00 bits per heavy atom. The molecule has 1 fully saturated rings. The number of unbranched alkanes of at least 4 members (excludes halogenated alkanes) is 2. The van der Waals surface area contributed by atoms with E-state index in [0.717, 1.165) is 38.0 Å². The molecule has 2 aromatic rings. The Hall–Kier alpha value is -1.99. The van der Waals surface area contributed by atoms with Crippen molar-refractivity contribution in [1.82, 2.24) is 0 Å². The second-order valence-corrected chi connectivity index (χ2v) is 12.0. The van der Waals surface area contributed by atoms with Gasteiger partial charge in [-0.1, -0.05) is 37.0 Å².